The van der Waals surface area contributed by atoms with Gasteiger partial charge in [-0.15, -0.1) is 0 Å². The molecule has 0 amide bonds. The Balaban J connectivity index is 1.54. The number of aliphatic hydroxyl groups is 1. The minimum absolute atomic E-state index is 0.00942. The molecule has 2 N–H and O–H groups in total. The fraction of sp³-hybridized carbons (Fsp3) is 0.967. The monoisotopic (exact) mass is 458 g/mol. The van der Waals surface area contributed by atoms with Crippen LogP contribution in [-0.2, 0) is 4.79 Å². The van der Waals surface area contributed by atoms with Crippen LogP contribution in [0, 0.1) is 56.2 Å². The number of carboxylic acids is 1. The van der Waals surface area contributed by atoms with Crippen molar-refractivity contribution in [2.75, 3.05) is 0 Å². The summed E-state index contributed by atoms with van der Waals surface area (Å²) in [6.07, 6.45) is 11.8. The van der Waals surface area contributed by atoms with E-state index in [4.69, 9.17) is 0 Å². The van der Waals surface area contributed by atoms with E-state index >= 15 is 0 Å². The molecule has 0 saturated heterocycles. The number of fused-ring (bicyclic) bond motifs is 7. The molecular formula is C30H50O3. The first kappa shape index (κ1) is 24.1. The van der Waals surface area contributed by atoms with Crippen molar-refractivity contribution >= 4 is 5.97 Å². The Morgan fingerprint density at radius 1 is 0.697 bits per heavy atom. The normalized spacial score (nSPS) is 54.8. The number of carboxylic acid groups (broad SMARTS) is 1. The number of hydrogen-bond acceptors (Lipinski definition) is 2. The number of aliphatic hydroxyl groups excluding tert-OH is 1. The van der Waals surface area contributed by atoms with E-state index in [1.54, 1.807) is 0 Å². The van der Waals surface area contributed by atoms with Gasteiger partial charge in [0.2, 0.25) is 0 Å². The van der Waals surface area contributed by atoms with Crippen molar-refractivity contribution in [2.24, 2.45) is 56.2 Å². The molecule has 0 aromatic heterocycles. The van der Waals surface area contributed by atoms with Crippen LogP contribution in [0.4, 0.5) is 0 Å². The third kappa shape index (κ3) is 2.93. The summed E-state index contributed by atoms with van der Waals surface area (Å²) in [5, 5.41) is 21.4. The van der Waals surface area contributed by atoms with Crippen LogP contribution in [0.25, 0.3) is 0 Å². The topological polar surface area (TPSA) is 57.5 Å². The average molecular weight is 459 g/mol. The van der Waals surface area contributed by atoms with E-state index in [0.29, 0.717) is 23.7 Å². The van der Waals surface area contributed by atoms with Crippen molar-refractivity contribution in [2.45, 2.75) is 125 Å². The molecule has 0 aromatic carbocycles. The van der Waals surface area contributed by atoms with Crippen LogP contribution in [0.5, 0.6) is 0 Å². The SMILES string of the molecule is CC1(C)CC[C@]2(C(=O)O)CC[C@]3(C)[C@H](CC[C@@H]4[C@@]5(C)CC[C@H](O)C(C)(C)[C@H]5CC[C@]43C)[C@@H]2C1. The van der Waals surface area contributed by atoms with E-state index in [1.807, 2.05) is 0 Å². The first-order valence-corrected chi connectivity index (χ1v) is 14.1. The second kappa shape index (κ2) is 7.01. The summed E-state index contributed by atoms with van der Waals surface area (Å²) >= 11 is 0. The van der Waals surface area contributed by atoms with Crippen molar-refractivity contribution < 1.29 is 15.0 Å². The molecule has 0 heterocycles. The molecule has 9 atom stereocenters. The molecule has 0 aromatic rings. The Hall–Kier alpha value is -0.570. The maximum atomic E-state index is 12.8. The van der Waals surface area contributed by atoms with Crippen LogP contribution in [0.15, 0.2) is 0 Å². The van der Waals surface area contributed by atoms with Gasteiger partial charge in [-0.2, -0.15) is 0 Å². The standard InChI is InChI=1S/C30H50O3/c1-25(2)14-16-30(24(32)33)17-15-28(6)19(20(30)18-25)8-9-22-27(5)12-11-23(31)26(3,4)21(27)10-13-29(22,28)7/h19-23,31H,8-18H2,1-7H3,(H,32,33)/t19-,20+,21-,22-,23+,27+,28-,29-,30+/m1/s1. The number of rotatable bonds is 1. The third-order valence-electron chi connectivity index (χ3n) is 13.6. The molecule has 0 aliphatic heterocycles. The van der Waals surface area contributed by atoms with Gasteiger partial charge in [0.25, 0.3) is 0 Å². The van der Waals surface area contributed by atoms with Gasteiger partial charge in [0, 0.05) is 0 Å². The first-order valence-electron chi connectivity index (χ1n) is 14.1. The number of hydrogen-bond donors (Lipinski definition) is 2. The van der Waals surface area contributed by atoms with E-state index < -0.39 is 11.4 Å². The minimum atomic E-state index is -0.504. The highest BCUT2D eigenvalue weighted by atomic mass is 16.4. The minimum Gasteiger partial charge on any atom is -0.481 e. The molecular weight excluding hydrogens is 408 g/mol. The fourth-order valence-corrected chi connectivity index (χ4v) is 11.4. The molecule has 0 bridgehead atoms. The van der Waals surface area contributed by atoms with Crippen LogP contribution < -0.4 is 0 Å². The lowest BCUT2D eigenvalue weighted by Crippen LogP contribution is -2.67. The van der Waals surface area contributed by atoms with Crippen molar-refractivity contribution in [3.8, 4) is 0 Å². The van der Waals surface area contributed by atoms with Gasteiger partial charge in [0.05, 0.1) is 11.5 Å². The first-order chi connectivity index (χ1) is 15.1. The lowest BCUT2D eigenvalue weighted by atomic mass is 9.31. The molecule has 0 spiro atoms. The van der Waals surface area contributed by atoms with Crippen LogP contribution in [0.2, 0.25) is 0 Å². The van der Waals surface area contributed by atoms with Gasteiger partial charge in [-0.1, -0.05) is 48.5 Å². The summed E-state index contributed by atoms with van der Waals surface area (Å²) in [4.78, 5) is 12.8. The highest BCUT2D eigenvalue weighted by Crippen LogP contribution is 2.77. The molecule has 0 radical (unpaired) electrons. The molecule has 5 aliphatic rings. The largest absolute Gasteiger partial charge is 0.481 e. The van der Waals surface area contributed by atoms with E-state index in [2.05, 4.69) is 48.5 Å². The molecule has 5 rings (SSSR count). The third-order valence-corrected chi connectivity index (χ3v) is 13.6. The Morgan fingerprint density at radius 2 is 1.36 bits per heavy atom. The molecule has 3 nitrogen and oxygen atoms in total. The molecule has 5 fully saturated rings. The summed E-state index contributed by atoms with van der Waals surface area (Å²) in [7, 11) is 0. The summed E-state index contributed by atoms with van der Waals surface area (Å²) in [5.74, 6) is 1.62. The van der Waals surface area contributed by atoms with Gasteiger partial charge < -0.3 is 10.2 Å². The van der Waals surface area contributed by atoms with E-state index in [9.17, 15) is 15.0 Å². The second-order valence-electron chi connectivity index (χ2n) is 15.5. The highest BCUT2D eigenvalue weighted by molar-refractivity contribution is 5.75. The molecule has 5 aliphatic carbocycles. The summed E-state index contributed by atoms with van der Waals surface area (Å²) in [6.45, 7) is 17.2. The van der Waals surface area contributed by atoms with Crippen LogP contribution in [0.1, 0.15) is 119 Å². The highest BCUT2D eigenvalue weighted by Gasteiger charge is 2.71. The second-order valence-corrected chi connectivity index (χ2v) is 15.5. The Kier molecular flexibility index (Phi) is 5.13. The zero-order chi connectivity index (χ0) is 24.2. The van der Waals surface area contributed by atoms with Gasteiger partial charge in [0.15, 0.2) is 0 Å². The molecule has 3 heteroatoms. The Bertz CT molecular complexity index is 830. The van der Waals surface area contributed by atoms with Crippen LogP contribution >= 0.6 is 0 Å². The van der Waals surface area contributed by atoms with E-state index in [-0.39, 0.29) is 33.2 Å². The smallest absolute Gasteiger partial charge is 0.309 e. The molecule has 5 saturated carbocycles. The van der Waals surface area contributed by atoms with Gasteiger partial charge in [-0.25, -0.2) is 0 Å². The van der Waals surface area contributed by atoms with Gasteiger partial charge in [-0.05, 0) is 121 Å². The Morgan fingerprint density at radius 3 is 2.03 bits per heavy atom. The molecule has 33 heavy (non-hydrogen) atoms. The van der Waals surface area contributed by atoms with Crippen molar-refractivity contribution in [1.82, 2.24) is 0 Å². The van der Waals surface area contributed by atoms with Crippen LogP contribution in [0.3, 0.4) is 0 Å². The predicted octanol–water partition coefficient (Wildman–Crippen LogP) is 7.31. The maximum absolute atomic E-state index is 12.8. The summed E-state index contributed by atoms with van der Waals surface area (Å²) in [6, 6.07) is 0. The lowest BCUT2D eigenvalue weighted by Gasteiger charge is -2.73. The Labute approximate surface area is 202 Å². The quantitative estimate of drug-likeness (QED) is 0.433. The number of aliphatic carboxylic acids is 1. The molecule has 0 unspecified atom stereocenters. The predicted molar refractivity (Wildman–Crippen MR) is 133 cm³/mol. The van der Waals surface area contributed by atoms with E-state index in [0.717, 1.165) is 44.9 Å². The zero-order valence-corrected chi connectivity index (χ0v) is 22.5. The molecule has 188 valence electrons. The van der Waals surface area contributed by atoms with Crippen LogP contribution in [-0.4, -0.2) is 22.3 Å². The van der Waals surface area contributed by atoms with Gasteiger partial charge in [0.1, 0.15) is 0 Å². The van der Waals surface area contributed by atoms with Gasteiger partial charge in [-0.3, -0.25) is 4.79 Å². The average Bonchev–Trinajstić information content (AvgIpc) is 2.71. The fourth-order valence-electron chi connectivity index (χ4n) is 11.4. The summed E-state index contributed by atoms with van der Waals surface area (Å²) in [5.41, 5.74) is 0.544. The van der Waals surface area contributed by atoms with Crippen molar-refractivity contribution in [1.29, 1.82) is 0 Å². The van der Waals surface area contributed by atoms with E-state index in [1.165, 1.54) is 25.7 Å². The van der Waals surface area contributed by atoms with Gasteiger partial charge >= 0.3 is 5.97 Å². The zero-order valence-electron chi connectivity index (χ0n) is 22.5. The van der Waals surface area contributed by atoms with Crippen molar-refractivity contribution in [3.63, 3.8) is 0 Å². The summed E-state index contributed by atoms with van der Waals surface area (Å²) < 4.78 is 0. The number of carbonyl (C=O) groups is 1. The maximum Gasteiger partial charge on any atom is 0.309 e. The lowest BCUT2D eigenvalue weighted by molar-refractivity contribution is -0.255. The van der Waals surface area contributed by atoms with Crippen molar-refractivity contribution in [3.05, 3.63) is 0 Å².